The van der Waals surface area contributed by atoms with Crippen LogP contribution in [0, 0.1) is 0 Å². The summed E-state index contributed by atoms with van der Waals surface area (Å²) >= 11 is 0. The van der Waals surface area contributed by atoms with E-state index in [1.54, 1.807) is 18.2 Å². The molecule has 0 bridgehead atoms. The molecule has 0 saturated heterocycles. The molecule has 5 heteroatoms. The lowest BCUT2D eigenvalue weighted by molar-refractivity contribution is -0.166. The van der Waals surface area contributed by atoms with Crippen molar-refractivity contribution in [2.45, 2.75) is 17.8 Å². The summed E-state index contributed by atoms with van der Waals surface area (Å²) in [5, 5.41) is 46.3. The van der Waals surface area contributed by atoms with Crippen LogP contribution in [0.5, 0.6) is 0 Å². The second-order valence-corrected chi connectivity index (χ2v) is 6.57. The summed E-state index contributed by atoms with van der Waals surface area (Å²) in [5.41, 5.74) is -2.12. The standard InChI is InChI=1S/C21H18O5/c22-10-17(24)21(26,18(25)11-23)16-9-7-14-5-4-12-2-1-3-13-6-8-15(16)20(14)19(12)13/h1-10,17-18,23-26H,11H2/t17-,18+,21-/m0/s1. The van der Waals surface area contributed by atoms with Gasteiger partial charge < -0.3 is 25.2 Å². The number of aliphatic hydroxyl groups is 4. The van der Waals surface area contributed by atoms with Crippen molar-refractivity contribution < 1.29 is 25.2 Å². The van der Waals surface area contributed by atoms with Gasteiger partial charge in [0.15, 0.2) is 11.9 Å². The molecule has 0 unspecified atom stereocenters. The van der Waals surface area contributed by atoms with E-state index in [9.17, 15) is 25.2 Å². The lowest BCUT2D eigenvalue weighted by Crippen LogP contribution is -2.51. The maximum Gasteiger partial charge on any atom is 0.151 e. The molecule has 3 atom stereocenters. The molecule has 26 heavy (non-hydrogen) atoms. The van der Waals surface area contributed by atoms with E-state index in [-0.39, 0.29) is 11.8 Å². The summed E-state index contributed by atoms with van der Waals surface area (Å²) in [4.78, 5) is 11.2. The fraction of sp³-hybridized carbons (Fsp3) is 0.190. The first kappa shape index (κ1) is 16.9. The molecule has 0 aromatic heterocycles. The number of carbonyl (C=O) groups is 1. The zero-order valence-corrected chi connectivity index (χ0v) is 13.8. The van der Waals surface area contributed by atoms with Crippen LogP contribution in [-0.2, 0) is 10.4 Å². The Balaban J connectivity index is 2.14. The zero-order valence-electron chi connectivity index (χ0n) is 13.8. The molecule has 0 aliphatic heterocycles. The molecule has 4 aromatic carbocycles. The lowest BCUT2D eigenvalue weighted by Gasteiger charge is -2.35. The second kappa shape index (κ2) is 6.00. The van der Waals surface area contributed by atoms with Gasteiger partial charge in [-0.15, -0.1) is 0 Å². The lowest BCUT2D eigenvalue weighted by atomic mass is 9.79. The predicted molar refractivity (Wildman–Crippen MR) is 99.2 cm³/mol. The zero-order chi connectivity index (χ0) is 18.5. The van der Waals surface area contributed by atoms with Crippen LogP contribution in [0.1, 0.15) is 5.56 Å². The largest absolute Gasteiger partial charge is 0.394 e. The van der Waals surface area contributed by atoms with Crippen molar-refractivity contribution >= 4 is 38.6 Å². The number of benzene rings is 4. The highest BCUT2D eigenvalue weighted by molar-refractivity contribution is 6.23. The van der Waals surface area contributed by atoms with E-state index in [0.29, 0.717) is 5.39 Å². The number of hydrogen-bond acceptors (Lipinski definition) is 5. The molecule has 0 saturated carbocycles. The van der Waals surface area contributed by atoms with Crippen molar-refractivity contribution in [3.8, 4) is 0 Å². The van der Waals surface area contributed by atoms with Gasteiger partial charge in [-0.25, -0.2) is 0 Å². The maximum absolute atomic E-state index is 11.2. The molecule has 4 aromatic rings. The molecule has 0 spiro atoms. The molecule has 132 valence electrons. The second-order valence-electron chi connectivity index (χ2n) is 6.57. The maximum atomic E-state index is 11.2. The number of rotatable bonds is 5. The smallest absolute Gasteiger partial charge is 0.151 e. The van der Waals surface area contributed by atoms with E-state index in [1.807, 2.05) is 36.4 Å². The van der Waals surface area contributed by atoms with Crippen molar-refractivity contribution in [1.82, 2.24) is 0 Å². The first-order valence-corrected chi connectivity index (χ1v) is 8.34. The van der Waals surface area contributed by atoms with Crippen LogP contribution in [-0.4, -0.2) is 45.5 Å². The van der Waals surface area contributed by atoms with Crippen LogP contribution < -0.4 is 0 Å². The monoisotopic (exact) mass is 350 g/mol. The molecule has 0 aliphatic rings. The predicted octanol–water partition coefficient (Wildman–Crippen LogP) is 1.68. The number of hydrogen-bond donors (Lipinski definition) is 4. The highest BCUT2D eigenvalue weighted by Crippen LogP contribution is 2.40. The molecule has 0 aliphatic carbocycles. The molecule has 5 nitrogen and oxygen atoms in total. The average molecular weight is 350 g/mol. The fourth-order valence-corrected chi connectivity index (χ4v) is 3.86. The number of aldehydes is 1. The third kappa shape index (κ3) is 2.15. The molecule has 0 heterocycles. The average Bonchev–Trinajstić information content (AvgIpc) is 2.70. The summed E-state index contributed by atoms with van der Waals surface area (Å²) in [7, 11) is 0. The van der Waals surface area contributed by atoms with Gasteiger partial charge in [-0.3, -0.25) is 0 Å². The van der Waals surface area contributed by atoms with Gasteiger partial charge in [0.25, 0.3) is 0 Å². The van der Waals surface area contributed by atoms with E-state index in [2.05, 4.69) is 0 Å². The Labute approximate surface area is 149 Å². The van der Waals surface area contributed by atoms with Crippen molar-refractivity contribution in [2.24, 2.45) is 0 Å². The Morgan fingerprint density at radius 1 is 0.885 bits per heavy atom. The van der Waals surface area contributed by atoms with E-state index < -0.39 is 24.4 Å². The van der Waals surface area contributed by atoms with Crippen LogP contribution >= 0.6 is 0 Å². The highest BCUT2D eigenvalue weighted by Gasteiger charge is 2.45. The molecular formula is C21H18O5. The molecule has 4 rings (SSSR count). The SMILES string of the molecule is O=C[C@H](O)[C@@](O)(c1ccc2ccc3cccc4ccc1c2c34)[C@H](O)CO. The normalized spacial score (nSPS) is 16.8. The summed E-state index contributed by atoms with van der Waals surface area (Å²) < 4.78 is 0. The minimum absolute atomic E-state index is 0.164. The quantitative estimate of drug-likeness (QED) is 0.324. The first-order chi connectivity index (χ1) is 12.5. The van der Waals surface area contributed by atoms with E-state index >= 15 is 0 Å². The van der Waals surface area contributed by atoms with Crippen LogP contribution in [0.15, 0.2) is 54.6 Å². The Bertz CT molecular complexity index is 1090. The molecule has 0 radical (unpaired) electrons. The third-order valence-corrected chi connectivity index (χ3v) is 5.22. The Hall–Kier alpha value is -2.57. The minimum Gasteiger partial charge on any atom is -0.394 e. The van der Waals surface area contributed by atoms with Crippen LogP contribution in [0.4, 0.5) is 0 Å². The Morgan fingerprint density at radius 2 is 1.46 bits per heavy atom. The van der Waals surface area contributed by atoms with Gasteiger partial charge in [0.05, 0.1) is 6.61 Å². The third-order valence-electron chi connectivity index (χ3n) is 5.22. The summed E-state index contributed by atoms with van der Waals surface area (Å²) in [6, 6.07) is 17.0. The van der Waals surface area contributed by atoms with Gasteiger partial charge in [0.2, 0.25) is 0 Å². The van der Waals surface area contributed by atoms with Crippen molar-refractivity contribution in [2.75, 3.05) is 6.61 Å². The highest BCUT2D eigenvalue weighted by atomic mass is 16.4. The first-order valence-electron chi connectivity index (χ1n) is 8.34. The minimum atomic E-state index is -2.32. The van der Waals surface area contributed by atoms with Crippen LogP contribution in [0.2, 0.25) is 0 Å². The Kier molecular flexibility index (Phi) is 3.89. The topological polar surface area (TPSA) is 98.0 Å². The van der Waals surface area contributed by atoms with Crippen molar-refractivity contribution in [3.63, 3.8) is 0 Å². The van der Waals surface area contributed by atoms with Gasteiger partial charge in [0, 0.05) is 0 Å². The van der Waals surface area contributed by atoms with Gasteiger partial charge in [-0.05, 0) is 37.9 Å². The van der Waals surface area contributed by atoms with E-state index in [0.717, 1.165) is 26.9 Å². The van der Waals surface area contributed by atoms with Crippen LogP contribution in [0.25, 0.3) is 32.3 Å². The molecule has 0 amide bonds. The summed E-state index contributed by atoms with van der Waals surface area (Å²) in [6.45, 7) is -0.802. The summed E-state index contributed by atoms with van der Waals surface area (Å²) in [5.74, 6) is 0. The van der Waals surface area contributed by atoms with Gasteiger partial charge in [-0.1, -0.05) is 54.6 Å². The molecule has 4 N–H and O–H groups in total. The van der Waals surface area contributed by atoms with Gasteiger partial charge >= 0.3 is 0 Å². The number of carbonyl (C=O) groups excluding carboxylic acids is 1. The Morgan fingerprint density at radius 3 is 2.08 bits per heavy atom. The number of aliphatic hydroxyl groups excluding tert-OH is 3. The summed E-state index contributed by atoms with van der Waals surface area (Å²) in [6.07, 6.45) is -3.44. The molecule has 0 fully saturated rings. The van der Waals surface area contributed by atoms with E-state index in [4.69, 9.17) is 0 Å². The van der Waals surface area contributed by atoms with Gasteiger partial charge in [-0.2, -0.15) is 0 Å². The van der Waals surface area contributed by atoms with E-state index in [1.165, 1.54) is 0 Å². The van der Waals surface area contributed by atoms with Crippen molar-refractivity contribution in [1.29, 1.82) is 0 Å². The van der Waals surface area contributed by atoms with Crippen molar-refractivity contribution in [3.05, 3.63) is 60.2 Å². The van der Waals surface area contributed by atoms with Crippen LogP contribution in [0.3, 0.4) is 0 Å². The molecular weight excluding hydrogens is 332 g/mol. The fourth-order valence-electron chi connectivity index (χ4n) is 3.86. The van der Waals surface area contributed by atoms with Gasteiger partial charge in [0.1, 0.15) is 12.2 Å².